The molecule has 0 atom stereocenters. The molecule has 0 saturated heterocycles. The molecule has 2 heterocycles. The number of rotatable bonds is 6. The van der Waals surface area contributed by atoms with E-state index < -0.39 is 18.5 Å². The number of likely N-dealkylation sites (N-methyl/N-ethyl adjacent to an activating group) is 1. The van der Waals surface area contributed by atoms with E-state index in [1.165, 1.54) is 18.1 Å². The van der Waals surface area contributed by atoms with Crippen molar-refractivity contribution in [1.82, 2.24) is 19.7 Å². The van der Waals surface area contributed by atoms with E-state index in [2.05, 4.69) is 15.4 Å². The van der Waals surface area contributed by atoms with E-state index in [1.807, 2.05) is 39.0 Å². The molecule has 1 aromatic carbocycles. The van der Waals surface area contributed by atoms with Gasteiger partial charge in [-0.3, -0.25) is 14.3 Å². The van der Waals surface area contributed by atoms with Crippen molar-refractivity contribution in [2.75, 3.05) is 25.5 Å². The van der Waals surface area contributed by atoms with Gasteiger partial charge in [-0.05, 0) is 38.0 Å². The van der Waals surface area contributed by atoms with Gasteiger partial charge in [-0.15, -0.1) is 0 Å². The Balaban J connectivity index is 1.55. The van der Waals surface area contributed by atoms with Gasteiger partial charge >= 0.3 is 5.97 Å². The van der Waals surface area contributed by atoms with Crippen molar-refractivity contribution >= 4 is 34.5 Å². The number of benzene rings is 1. The Bertz CT molecular complexity index is 1150. The van der Waals surface area contributed by atoms with Crippen molar-refractivity contribution in [1.29, 1.82) is 0 Å². The lowest BCUT2D eigenvalue weighted by atomic mass is 10.1. The highest BCUT2D eigenvalue weighted by atomic mass is 16.5. The van der Waals surface area contributed by atoms with Gasteiger partial charge in [0, 0.05) is 31.4 Å². The summed E-state index contributed by atoms with van der Waals surface area (Å²) in [5.41, 5.74) is 4.22. The number of hydrogen-bond acceptors (Lipinski definition) is 6. The number of esters is 1. The maximum Gasteiger partial charge on any atom is 0.340 e. The number of aryl methyl sites for hydroxylation is 4. The average Bonchev–Trinajstić information content (AvgIpc) is 3.01. The number of aromatic nitrogens is 3. The van der Waals surface area contributed by atoms with Crippen LogP contribution in [0.15, 0.2) is 30.5 Å². The smallest absolute Gasteiger partial charge is 0.340 e. The van der Waals surface area contributed by atoms with E-state index in [1.54, 1.807) is 17.8 Å². The first-order valence-corrected chi connectivity index (χ1v) is 9.74. The molecule has 31 heavy (non-hydrogen) atoms. The lowest BCUT2D eigenvalue weighted by molar-refractivity contribution is -0.136. The lowest BCUT2D eigenvalue weighted by Crippen LogP contribution is -2.37. The topological polar surface area (TPSA) is 106 Å². The fourth-order valence-corrected chi connectivity index (χ4v) is 3.23. The Hall–Kier alpha value is -3.75. The summed E-state index contributed by atoms with van der Waals surface area (Å²) < 4.78 is 6.74. The van der Waals surface area contributed by atoms with Crippen LogP contribution in [0, 0.1) is 20.8 Å². The van der Waals surface area contributed by atoms with Crippen molar-refractivity contribution in [3.8, 4) is 0 Å². The fraction of sp³-hybridized carbons (Fsp3) is 0.318. The summed E-state index contributed by atoms with van der Waals surface area (Å²) >= 11 is 0. The minimum absolute atomic E-state index is 0.160. The molecule has 9 nitrogen and oxygen atoms in total. The number of ether oxygens (including phenoxy) is 1. The predicted octanol–water partition coefficient (Wildman–Crippen LogP) is 2.15. The molecule has 3 rings (SSSR count). The predicted molar refractivity (Wildman–Crippen MR) is 116 cm³/mol. The minimum Gasteiger partial charge on any atom is -0.452 e. The van der Waals surface area contributed by atoms with E-state index in [4.69, 9.17) is 4.74 Å². The zero-order chi connectivity index (χ0) is 22.7. The molecule has 0 radical (unpaired) electrons. The van der Waals surface area contributed by atoms with E-state index in [0.717, 1.165) is 27.9 Å². The summed E-state index contributed by atoms with van der Waals surface area (Å²) in [6, 6.07) is 7.35. The molecular formula is C22H25N5O4. The SMILES string of the molecule is Cc1cccc(C)c1NC(=O)CN(C)C(=O)COC(=O)c1cnc2c(c1)c(C)nn2C. The van der Waals surface area contributed by atoms with E-state index in [-0.39, 0.29) is 18.0 Å². The van der Waals surface area contributed by atoms with E-state index in [9.17, 15) is 14.4 Å². The highest BCUT2D eigenvalue weighted by Gasteiger charge is 2.18. The normalized spacial score (nSPS) is 10.7. The second-order valence-corrected chi connectivity index (χ2v) is 7.45. The van der Waals surface area contributed by atoms with Crippen LogP contribution in [0.4, 0.5) is 5.69 Å². The molecule has 9 heteroatoms. The van der Waals surface area contributed by atoms with Crippen LogP contribution in [0.3, 0.4) is 0 Å². The van der Waals surface area contributed by atoms with Gasteiger partial charge in [-0.1, -0.05) is 18.2 Å². The molecule has 0 unspecified atom stereocenters. The van der Waals surface area contributed by atoms with Gasteiger partial charge in [-0.25, -0.2) is 9.78 Å². The first kappa shape index (κ1) is 21.9. The van der Waals surface area contributed by atoms with Crippen LogP contribution in [-0.2, 0) is 21.4 Å². The van der Waals surface area contributed by atoms with Crippen LogP contribution in [-0.4, -0.2) is 57.6 Å². The quantitative estimate of drug-likeness (QED) is 0.609. The molecule has 2 aromatic heterocycles. The van der Waals surface area contributed by atoms with Crippen LogP contribution in [0.5, 0.6) is 0 Å². The number of anilines is 1. The Labute approximate surface area is 180 Å². The van der Waals surface area contributed by atoms with Crippen molar-refractivity contribution in [2.45, 2.75) is 20.8 Å². The monoisotopic (exact) mass is 423 g/mol. The zero-order valence-electron chi connectivity index (χ0n) is 18.2. The third-order valence-electron chi connectivity index (χ3n) is 4.98. The van der Waals surface area contributed by atoms with Gasteiger partial charge < -0.3 is 15.0 Å². The Morgan fingerprint density at radius 3 is 2.52 bits per heavy atom. The van der Waals surface area contributed by atoms with Gasteiger partial charge in [0.05, 0.1) is 17.8 Å². The van der Waals surface area contributed by atoms with Gasteiger partial charge in [0.1, 0.15) is 0 Å². The molecule has 0 aliphatic rings. The first-order chi connectivity index (χ1) is 14.7. The maximum absolute atomic E-state index is 12.3. The molecule has 2 amide bonds. The zero-order valence-corrected chi connectivity index (χ0v) is 18.2. The van der Waals surface area contributed by atoms with E-state index >= 15 is 0 Å². The molecule has 0 aliphatic carbocycles. The molecule has 0 aliphatic heterocycles. The molecule has 0 bridgehead atoms. The maximum atomic E-state index is 12.3. The lowest BCUT2D eigenvalue weighted by Gasteiger charge is -2.18. The van der Waals surface area contributed by atoms with Crippen molar-refractivity contribution in [2.24, 2.45) is 7.05 Å². The Morgan fingerprint density at radius 2 is 1.84 bits per heavy atom. The molecule has 3 aromatic rings. The average molecular weight is 423 g/mol. The Morgan fingerprint density at radius 1 is 1.16 bits per heavy atom. The number of para-hydroxylation sites is 1. The molecule has 1 N–H and O–H groups in total. The summed E-state index contributed by atoms with van der Waals surface area (Å²) in [5.74, 6) is -1.49. The van der Waals surface area contributed by atoms with Crippen molar-refractivity contribution in [3.05, 3.63) is 52.8 Å². The summed E-state index contributed by atoms with van der Waals surface area (Å²) in [6.45, 7) is 4.98. The van der Waals surface area contributed by atoms with Crippen LogP contribution >= 0.6 is 0 Å². The van der Waals surface area contributed by atoms with Crippen LogP contribution in [0.1, 0.15) is 27.2 Å². The van der Waals surface area contributed by atoms with Gasteiger partial charge in [-0.2, -0.15) is 5.10 Å². The molecule has 162 valence electrons. The van der Waals surface area contributed by atoms with Gasteiger partial charge in [0.15, 0.2) is 12.3 Å². The second-order valence-electron chi connectivity index (χ2n) is 7.45. The molecule has 0 fully saturated rings. The number of fused-ring (bicyclic) bond motifs is 1. The van der Waals surface area contributed by atoms with Crippen LogP contribution in [0.25, 0.3) is 11.0 Å². The minimum atomic E-state index is -0.667. The van der Waals surface area contributed by atoms with Crippen LogP contribution in [0.2, 0.25) is 0 Å². The Kier molecular flexibility index (Phi) is 6.33. The van der Waals surface area contributed by atoms with Crippen LogP contribution < -0.4 is 5.32 Å². The molecular weight excluding hydrogens is 398 g/mol. The molecule has 0 spiro atoms. The highest BCUT2D eigenvalue weighted by Crippen LogP contribution is 2.19. The summed E-state index contributed by atoms with van der Waals surface area (Å²) in [6.07, 6.45) is 1.39. The van der Waals surface area contributed by atoms with E-state index in [0.29, 0.717) is 5.65 Å². The largest absolute Gasteiger partial charge is 0.452 e. The summed E-state index contributed by atoms with van der Waals surface area (Å²) in [7, 11) is 3.25. The third kappa shape index (κ3) is 4.88. The standard InChI is InChI=1S/C22H25N5O4/c1-13-7-6-8-14(2)20(13)24-18(28)11-26(4)19(29)12-31-22(30)16-9-17-15(3)25-27(5)21(17)23-10-16/h6-10H,11-12H2,1-5H3,(H,24,28). The third-order valence-corrected chi connectivity index (χ3v) is 4.98. The summed E-state index contributed by atoms with van der Waals surface area (Å²) in [4.78, 5) is 42.4. The first-order valence-electron chi connectivity index (χ1n) is 9.74. The number of hydrogen-bond donors (Lipinski definition) is 1. The number of amides is 2. The molecule has 0 saturated carbocycles. The number of nitrogens with zero attached hydrogens (tertiary/aromatic N) is 4. The van der Waals surface area contributed by atoms with Crippen molar-refractivity contribution in [3.63, 3.8) is 0 Å². The summed E-state index contributed by atoms with van der Waals surface area (Å²) in [5, 5.41) is 7.82. The van der Waals surface area contributed by atoms with Gasteiger partial charge in [0.2, 0.25) is 5.91 Å². The number of pyridine rings is 1. The second kappa shape index (κ2) is 8.95. The highest BCUT2D eigenvalue weighted by molar-refractivity contribution is 5.97. The number of carbonyl (C=O) groups excluding carboxylic acids is 3. The van der Waals surface area contributed by atoms with Gasteiger partial charge in [0.25, 0.3) is 5.91 Å². The fourth-order valence-electron chi connectivity index (χ4n) is 3.23. The van der Waals surface area contributed by atoms with Crippen molar-refractivity contribution < 1.29 is 19.1 Å². The number of carbonyl (C=O) groups is 3. The number of nitrogens with one attached hydrogen (secondary N) is 1.